The number of benzene rings is 1. The zero-order valence-corrected chi connectivity index (χ0v) is 13.0. The second-order valence-corrected chi connectivity index (χ2v) is 5.18. The fraction of sp³-hybridized carbons (Fsp3) is 0.200. The lowest BCUT2D eigenvalue weighted by atomic mass is 10.2. The minimum Gasteiger partial charge on any atom is -0.340 e. The molecular weight excluding hydrogens is 300 g/mol. The normalized spacial score (nSPS) is 9.55. The van der Waals surface area contributed by atoms with Crippen molar-refractivity contribution >= 4 is 29.0 Å². The average Bonchev–Trinajstić information content (AvgIpc) is 2.91. The standard InChI is InChI=1S/C15H14N4O2S/c1-10-14(22-19-18-10)15(21)16-9-3-4-12-5-7-13(8-6-12)17-11(2)20/h5-8H,9H2,1-2H3,(H,16,21)(H,17,20). The number of anilines is 1. The van der Waals surface area contributed by atoms with Crippen LogP contribution >= 0.6 is 11.5 Å². The van der Waals surface area contributed by atoms with Crippen LogP contribution < -0.4 is 10.6 Å². The van der Waals surface area contributed by atoms with Gasteiger partial charge in [0.25, 0.3) is 5.91 Å². The molecule has 2 amide bonds. The molecule has 22 heavy (non-hydrogen) atoms. The quantitative estimate of drug-likeness (QED) is 0.843. The van der Waals surface area contributed by atoms with Gasteiger partial charge in [-0.2, -0.15) is 0 Å². The van der Waals surface area contributed by atoms with E-state index in [0.29, 0.717) is 10.6 Å². The number of aryl methyl sites for hydroxylation is 1. The third kappa shape index (κ3) is 4.40. The Balaban J connectivity index is 1.87. The number of nitrogens with one attached hydrogen (secondary N) is 2. The van der Waals surface area contributed by atoms with Gasteiger partial charge in [-0.1, -0.05) is 16.3 Å². The highest BCUT2D eigenvalue weighted by molar-refractivity contribution is 7.07. The fourth-order valence-electron chi connectivity index (χ4n) is 1.63. The molecular formula is C15H14N4O2S. The van der Waals surface area contributed by atoms with Crippen molar-refractivity contribution in [3.05, 3.63) is 40.4 Å². The van der Waals surface area contributed by atoms with Crippen LogP contribution in [-0.4, -0.2) is 27.9 Å². The smallest absolute Gasteiger partial charge is 0.265 e. The molecule has 0 fully saturated rings. The summed E-state index contributed by atoms with van der Waals surface area (Å²) in [4.78, 5) is 23.2. The molecule has 0 saturated heterocycles. The zero-order chi connectivity index (χ0) is 15.9. The summed E-state index contributed by atoms with van der Waals surface area (Å²) in [6, 6.07) is 7.15. The first kappa shape index (κ1) is 15.7. The number of carbonyl (C=O) groups excluding carboxylic acids is 2. The zero-order valence-electron chi connectivity index (χ0n) is 12.1. The number of hydrogen-bond acceptors (Lipinski definition) is 5. The molecule has 1 aromatic carbocycles. The highest BCUT2D eigenvalue weighted by atomic mass is 32.1. The summed E-state index contributed by atoms with van der Waals surface area (Å²) in [6.07, 6.45) is 0. The maximum atomic E-state index is 11.8. The van der Waals surface area contributed by atoms with E-state index in [4.69, 9.17) is 0 Å². The van der Waals surface area contributed by atoms with Crippen LogP contribution in [-0.2, 0) is 4.79 Å². The number of hydrogen-bond donors (Lipinski definition) is 2. The van der Waals surface area contributed by atoms with Gasteiger partial charge < -0.3 is 10.6 Å². The lowest BCUT2D eigenvalue weighted by molar-refractivity contribution is -0.114. The summed E-state index contributed by atoms with van der Waals surface area (Å²) < 4.78 is 3.71. The molecule has 0 aliphatic rings. The van der Waals surface area contributed by atoms with Crippen LogP contribution in [0.5, 0.6) is 0 Å². The van der Waals surface area contributed by atoms with Gasteiger partial charge in [-0.15, -0.1) is 5.10 Å². The molecule has 0 atom stereocenters. The fourth-order valence-corrected chi connectivity index (χ4v) is 2.20. The van der Waals surface area contributed by atoms with Crippen molar-refractivity contribution in [3.8, 4) is 11.8 Å². The molecule has 1 aromatic heterocycles. The van der Waals surface area contributed by atoms with Gasteiger partial charge in [0.05, 0.1) is 12.2 Å². The van der Waals surface area contributed by atoms with Crippen molar-refractivity contribution in [1.29, 1.82) is 0 Å². The molecule has 2 aromatic rings. The summed E-state index contributed by atoms with van der Waals surface area (Å²) in [5, 5.41) is 9.16. The van der Waals surface area contributed by atoms with Crippen LogP contribution in [0, 0.1) is 18.8 Å². The molecule has 112 valence electrons. The topological polar surface area (TPSA) is 84.0 Å². The predicted molar refractivity (Wildman–Crippen MR) is 84.6 cm³/mol. The van der Waals surface area contributed by atoms with Crippen molar-refractivity contribution in [2.24, 2.45) is 0 Å². The van der Waals surface area contributed by atoms with Gasteiger partial charge in [0.2, 0.25) is 5.91 Å². The summed E-state index contributed by atoms with van der Waals surface area (Å²) in [5.74, 6) is 5.47. The first-order valence-electron chi connectivity index (χ1n) is 6.50. The third-order valence-corrected chi connectivity index (χ3v) is 3.46. The van der Waals surface area contributed by atoms with Gasteiger partial charge in [0.1, 0.15) is 4.88 Å². The monoisotopic (exact) mass is 314 g/mol. The molecule has 6 nitrogen and oxygen atoms in total. The molecule has 0 saturated carbocycles. The van der Waals surface area contributed by atoms with E-state index < -0.39 is 0 Å². The Bertz CT molecular complexity index is 741. The summed E-state index contributed by atoms with van der Waals surface area (Å²) >= 11 is 1.06. The van der Waals surface area contributed by atoms with E-state index in [1.807, 2.05) is 0 Å². The van der Waals surface area contributed by atoms with Gasteiger partial charge in [0, 0.05) is 18.2 Å². The molecule has 0 aliphatic heterocycles. The van der Waals surface area contributed by atoms with Gasteiger partial charge in [0.15, 0.2) is 0 Å². The van der Waals surface area contributed by atoms with E-state index >= 15 is 0 Å². The number of amides is 2. The molecule has 1 heterocycles. The molecule has 0 aliphatic carbocycles. The first-order valence-corrected chi connectivity index (χ1v) is 7.27. The summed E-state index contributed by atoms with van der Waals surface area (Å²) in [6.45, 7) is 3.43. The Morgan fingerprint density at radius 2 is 2.00 bits per heavy atom. The molecule has 0 unspecified atom stereocenters. The van der Waals surface area contributed by atoms with Crippen molar-refractivity contribution in [1.82, 2.24) is 14.9 Å². The maximum Gasteiger partial charge on any atom is 0.265 e. The number of rotatable bonds is 3. The van der Waals surface area contributed by atoms with E-state index in [1.165, 1.54) is 6.92 Å². The number of nitrogens with zero attached hydrogens (tertiary/aromatic N) is 2. The van der Waals surface area contributed by atoms with Crippen LogP contribution in [0.3, 0.4) is 0 Å². The van der Waals surface area contributed by atoms with E-state index in [0.717, 1.165) is 22.8 Å². The highest BCUT2D eigenvalue weighted by Crippen LogP contribution is 2.09. The van der Waals surface area contributed by atoms with Crippen LogP contribution in [0.1, 0.15) is 27.9 Å². The third-order valence-electron chi connectivity index (χ3n) is 2.63. The minimum atomic E-state index is -0.220. The summed E-state index contributed by atoms with van der Waals surface area (Å²) in [5.41, 5.74) is 2.14. The largest absolute Gasteiger partial charge is 0.340 e. The maximum absolute atomic E-state index is 11.8. The van der Waals surface area contributed by atoms with Crippen LogP contribution in [0.25, 0.3) is 0 Å². The Hall–Kier alpha value is -2.72. The Kier molecular flexibility index (Phi) is 5.22. The van der Waals surface area contributed by atoms with E-state index in [1.54, 1.807) is 31.2 Å². The van der Waals surface area contributed by atoms with Crippen molar-refractivity contribution in [3.63, 3.8) is 0 Å². The molecule has 0 radical (unpaired) electrons. The van der Waals surface area contributed by atoms with Gasteiger partial charge in [-0.05, 0) is 42.7 Å². The van der Waals surface area contributed by atoms with E-state index in [9.17, 15) is 9.59 Å². The second kappa shape index (κ2) is 7.33. The number of carbonyl (C=O) groups is 2. The molecule has 2 N–H and O–H groups in total. The predicted octanol–water partition coefficient (Wildman–Crippen LogP) is 1.59. The van der Waals surface area contributed by atoms with Gasteiger partial charge >= 0.3 is 0 Å². The Morgan fingerprint density at radius 1 is 1.27 bits per heavy atom. The lowest BCUT2D eigenvalue weighted by Gasteiger charge is -2.00. The molecule has 2 rings (SSSR count). The van der Waals surface area contributed by atoms with Crippen molar-refractivity contribution in [2.45, 2.75) is 13.8 Å². The molecule has 7 heteroatoms. The van der Waals surface area contributed by atoms with Crippen LogP contribution in [0.15, 0.2) is 24.3 Å². The highest BCUT2D eigenvalue weighted by Gasteiger charge is 2.11. The summed E-state index contributed by atoms with van der Waals surface area (Å²) in [7, 11) is 0. The van der Waals surface area contributed by atoms with E-state index in [-0.39, 0.29) is 18.4 Å². The van der Waals surface area contributed by atoms with Gasteiger partial charge in [-0.3, -0.25) is 9.59 Å². The SMILES string of the molecule is CC(=O)Nc1ccc(C#CCNC(=O)c2snnc2C)cc1. The Morgan fingerprint density at radius 3 is 2.59 bits per heavy atom. The van der Waals surface area contributed by atoms with Gasteiger partial charge in [-0.25, -0.2) is 0 Å². The first-order chi connectivity index (χ1) is 10.6. The molecule has 0 spiro atoms. The Labute approximate surface area is 132 Å². The second-order valence-electron chi connectivity index (χ2n) is 4.43. The lowest BCUT2D eigenvalue weighted by Crippen LogP contribution is -2.23. The van der Waals surface area contributed by atoms with Crippen LogP contribution in [0.2, 0.25) is 0 Å². The van der Waals surface area contributed by atoms with Crippen molar-refractivity contribution < 1.29 is 9.59 Å². The minimum absolute atomic E-state index is 0.116. The average molecular weight is 314 g/mol. The molecule has 0 bridgehead atoms. The van der Waals surface area contributed by atoms with Crippen molar-refractivity contribution in [2.75, 3.05) is 11.9 Å². The van der Waals surface area contributed by atoms with E-state index in [2.05, 4.69) is 32.1 Å². The van der Waals surface area contributed by atoms with Crippen LogP contribution in [0.4, 0.5) is 5.69 Å². The number of aromatic nitrogens is 2.